The fraction of sp³-hybridized carbons (Fsp3) is 0.364. The number of aliphatic imine (C=N–C) groups is 1. The van der Waals surface area contributed by atoms with E-state index in [1.165, 1.54) is 0 Å². The van der Waals surface area contributed by atoms with E-state index < -0.39 is 0 Å². The van der Waals surface area contributed by atoms with Gasteiger partial charge in [-0.3, -0.25) is 10.4 Å². The van der Waals surface area contributed by atoms with Gasteiger partial charge in [-0.1, -0.05) is 25.4 Å². The Balaban J connectivity index is 2.31. The van der Waals surface area contributed by atoms with Gasteiger partial charge in [0.15, 0.2) is 0 Å². The van der Waals surface area contributed by atoms with Crippen LogP contribution in [0.3, 0.4) is 0 Å². The maximum absolute atomic E-state index is 6.17. The summed E-state index contributed by atoms with van der Waals surface area (Å²) >= 11 is 7.31. The Morgan fingerprint density at radius 2 is 2.26 bits per heavy atom. The zero-order chi connectivity index (χ0) is 13.8. The molecule has 0 spiro atoms. The predicted molar refractivity (Wildman–Crippen MR) is 80.5 cm³/mol. The van der Waals surface area contributed by atoms with Crippen molar-refractivity contribution in [2.75, 3.05) is 11.9 Å². The van der Waals surface area contributed by atoms with Crippen molar-refractivity contribution in [3.05, 3.63) is 17.2 Å². The molecule has 0 fully saturated rings. The maximum atomic E-state index is 6.17. The average molecular weight is 299 g/mol. The maximum Gasteiger partial charge on any atom is 0.210 e. The van der Waals surface area contributed by atoms with E-state index in [1.807, 2.05) is 6.07 Å². The highest BCUT2D eigenvalue weighted by atomic mass is 35.5. The molecule has 0 atom stereocenters. The number of nitrogens with zero attached hydrogens (tertiary/aromatic N) is 3. The van der Waals surface area contributed by atoms with Crippen molar-refractivity contribution in [1.82, 2.24) is 14.2 Å². The Hall–Kier alpha value is -1.44. The minimum Gasteiger partial charge on any atom is -0.322 e. The number of anilines is 1. The fourth-order valence-corrected chi connectivity index (χ4v) is 2.20. The van der Waals surface area contributed by atoms with E-state index in [0.29, 0.717) is 34.6 Å². The molecule has 0 bridgehead atoms. The number of hydrogen-bond acceptors (Lipinski definition) is 5. The summed E-state index contributed by atoms with van der Waals surface area (Å²) in [5.74, 6) is 6.35. The number of rotatable bonds is 3. The Labute approximate surface area is 120 Å². The third-order valence-electron chi connectivity index (χ3n) is 2.37. The Morgan fingerprint density at radius 1 is 1.47 bits per heavy atom. The van der Waals surface area contributed by atoms with E-state index in [-0.39, 0.29) is 0 Å². The van der Waals surface area contributed by atoms with Crippen molar-refractivity contribution >= 4 is 46.0 Å². The SMILES string of the molecule is CC(C)CN=C(NN)Nc1c(Cl)ccc2nsnc12. The van der Waals surface area contributed by atoms with Crippen LogP contribution in [0.25, 0.3) is 11.0 Å². The molecule has 1 aromatic heterocycles. The standard InChI is InChI=1S/C11H15ClN6S/c1-6(2)5-14-11(16-13)15-9-7(12)3-4-8-10(9)18-19-17-8/h3-4,6H,5,13H2,1-2H3,(H2,14,15,16). The zero-order valence-electron chi connectivity index (χ0n) is 10.6. The minimum atomic E-state index is 0.442. The molecule has 6 nitrogen and oxygen atoms in total. The van der Waals surface area contributed by atoms with E-state index >= 15 is 0 Å². The molecule has 0 aliphatic heterocycles. The summed E-state index contributed by atoms with van der Waals surface area (Å²) in [4.78, 5) is 4.34. The number of benzene rings is 1. The molecule has 0 unspecified atom stereocenters. The van der Waals surface area contributed by atoms with Gasteiger partial charge in [-0.05, 0) is 18.1 Å². The first-order chi connectivity index (χ1) is 9.11. The summed E-state index contributed by atoms with van der Waals surface area (Å²) in [5.41, 5.74) is 4.69. The quantitative estimate of drug-likeness (QED) is 0.350. The molecule has 19 heavy (non-hydrogen) atoms. The van der Waals surface area contributed by atoms with Crippen molar-refractivity contribution in [3.8, 4) is 0 Å². The highest BCUT2D eigenvalue weighted by Gasteiger charge is 2.11. The number of aromatic nitrogens is 2. The van der Waals surface area contributed by atoms with E-state index in [0.717, 1.165) is 17.2 Å². The first-order valence-corrected chi connectivity index (χ1v) is 6.91. The second kappa shape index (κ2) is 6.14. The van der Waals surface area contributed by atoms with Crippen LogP contribution in [0.5, 0.6) is 0 Å². The van der Waals surface area contributed by atoms with Crippen molar-refractivity contribution in [2.45, 2.75) is 13.8 Å². The van der Waals surface area contributed by atoms with Crippen LogP contribution in [0.1, 0.15) is 13.8 Å². The topological polar surface area (TPSA) is 88.2 Å². The highest BCUT2D eigenvalue weighted by molar-refractivity contribution is 7.00. The van der Waals surface area contributed by atoms with Gasteiger partial charge in [-0.25, -0.2) is 5.84 Å². The van der Waals surface area contributed by atoms with Gasteiger partial charge in [-0.2, -0.15) is 8.75 Å². The monoisotopic (exact) mass is 298 g/mol. The number of fused-ring (bicyclic) bond motifs is 1. The molecule has 1 heterocycles. The van der Waals surface area contributed by atoms with E-state index in [1.54, 1.807) is 6.07 Å². The molecule has 102 valence electrons. The third kappa shape index (κ3) is 3.31. The number of guanidine groups is 1. The van der Waals surface area contributed by atoms with Gasteiger partial charge in [0.05, 0.1) is 22.4 Å². The van der Waals surface area contributed by atoms with E-state index in [9.17, 15) is 0 Å². The van der Waals surface area contributed by atoms with Crippen molar-refractivity contribution in [3.63, 3.8) is 0 Å². The molecule has 4 N–H and O–H groups in total. The lowest BCUT2D eigenvalue weighted by atomic mass is 10.2. The van der Waals surface area contributed by atoms with Gasteiger partial charge in [0.2, 0.25) is 5.96 Å². The molecule has 0 saturated heterocycles. The number of nitrogens with two attached hydrogens (primary N) is 1. The van der Waals surface area contributed by atoms with Gasteiger partial charge in [0.25, 0.3) is 0 Å². The Kier molecular flexibility index (Phi) is 4.52. The van der Waals surface area contributed by atoms with Gasteiger partial charge in [0, 0.05) is 6.54 Å². The lowest BCUT2D eigenvalue weighted by Crippen LogP contribution is -2.36. The van der Waals surface area contributed by atoms with Gasteiger partial charge < -0.3 is 5.32 Å². The van der Waals surface area contributed by atoms with Crippen LogP contribution in [0.4, 0.5) is 5.69 Å². The zero-order valence-corrected chi connectivity index (χ0v) is 12.2. The molecule has 8 heteroatoms. The second-order valence-corrected chi connectivity index (χ2v) is 5.34. The first-order valence-electron chi connectivity index (χ1n) is 5.80. The number of hydrogen-bond donors (Lipinski definition) is 3. The smallest absolute Gasteiger partial charge is 0.210 e. The first kappa shape index (κ1) is 14.0. The largest absolute Gasteiger partial charge is 0.322 e. The van der Waals surface area contributed by atoms with Crippen LogP contribution in [-0.2, 0) is 0 Å². The van der Waals surface area contributed by atoms with Crippen LogP contribution < -0.4 is 16.6 Å². The lowest BCUT2D eigenvalue weighted by Gasteiger charge is -2.11. The molecule has 2 rings (SSSR count). The molecule has 0 aliphatic rings. The number of nitrogens with one attached hydrogen (secondary N) is 2. The van der Waals surface area contributed by atoms with Crippen LogP contribution in [0.15, 0.2) is 17.1 Å². The van der Waals surface area contributed by atoms with Crippen molar-refractivity contribution in [1.29, 1.82) is 0 Å². The van der Waals surface area contributed by atoms with Gasteiger partial charge >= 0.3 is 0 Å². The third-order valence-corrected chi connectivity index (χ3v) is 3.23. The number of hydrazine groups is 1. The normalized spacial score (nSPS) is 12.2. The van der Waals surface area contributed by atoms with Crippen LogP contribution in [0.2, 0.25) is 5.02 Å². The van der Waals surface area contributed by atoms with E-state index in [2.05, 4.69) is 38.3 Å². The molecule has 0 aliphatic carbocycles. The number of halogens is 1. The molecular weight excluding hydrogens is 284 g/mol. The predicted octanol–water partition coefficient (Wildman–Crippen LogP) is 2.23. The second-order valence-electron chi connectivity index (χ2n) is 4.41. The lowest BCUT2D eigenvalue weighted by molar-refractivity contribution is 0.663. The Morgan fingerprint density at radius 3 is 2.95 bits per heavy atom. The molecule has 1 aromatic carbocycles. The summed E-state index contributed by atoms with van der Waals surface area (Å²) < 4.78 is 8.39. The van der Waals surface area contributed by atoms with Gasteiger partial charge in [-0.15, -0.1) is 0 Å². The molecule has 0 saturated carbocycles. The fourth-order valence-electron chi connectivity index (χ4n) is 1.46. The van der Waals surface area contributed by atoms with Crippen molar-refractivity contribution in [2.24, 2.45) is 16.8 Å². The summed E-state index contributed by atoms with van der Waals surface area (Å²) in [6, 6.07) is 3.59. The summed E-state index contributed by atoms with van der Waals surface area (Å²) in [6.07, 6.45) is 0. The molecular formula is C11H15ClN6S. The Bertz CT molecular complexity index is 594. The summed E-state index contributed by atoms with van der Waals surface area (Å²) in [6.45, 7) is 4.82. The summed E-state index contributed by atoms with van der Waals surface area (Å²) in [7, 11) is 0. The summed E-state index contributed by atoms with van der Waals surface area (Å²) in [5, 5.41) is 3.62. The molecule has 0 radical (unpaired) electrons. The van der Waals surface area contributed by atoms with Crippen LogP contribution >= 0.6 is 23.3 Å². The average Bonchev–Trinajstić information content (AvgIpc) is 2.85. The highest BCUT2D eigenvalue weighted by Crippen LogP contribution is 2.29. The van der Waals surface area contributed by atoms with E-state index in [4.69, 9.17) is 17.4 Å². The molecule has 0 amide bonds. The van der Waals surface area contributed by atoms with Crippen LogP contribution in [-0.4, -0.2) is 21.3 Å². The van der Waals surface area contributed by atoms with Gasteiger partial charge in [0.1, 0.15) is 11.0 Å². The minimum absolute atomic E-state index is 0.442. The van der Waals surface area contributed by atoms with Crippen molar-refractivity contribution < 1.29 is 0 Å². The molecule has 2 aromatic rings. The van der Waals surface area contributed by atoms with Crippen LogP contribution in [0, 0.1) is 5.92 Å².